The van der Waals surface area contributed by atoms with Crippen LogP contribution in [0.25, 0.3) is 0 Å². The van der Waals surface area contributed by atoms with E-state index in [2.05, 4.69) is 5.32 Å². The van der Waals surface area contributed by atoms with E-state index < -0.39 is 12.7 Å². The molecule has 1 aromatic carbocycles. The summed E-state index contributed by atoms with van der Waals surface area (Å²) in [4.78, 5) is 1.07. The predicted octanol–water partition coefficient (Wildman–Crippen LogP) is 2.95. The molecule has 1 aliphatic carbocycles. The number of anilines is 1. The lowest BCUT2D eigenvalue weighted by Gasteiger charge is -2.25. The average Bonchev–Trinajstić information content (AvgIpc) is 3.19. The van der Waals surface area contributed by atoms with Crippen LogP contribution in [-0.2, 0) is 6.54 Å². The van der Waals surface area contributed by atoms with Crippen molar-refractivity contribution in [2.75, 3.05) is 24.6 Å². The fourth-order valence-electron chi connectivity index (χ4n) is 2.05. The predicted molar refractivity (Wildman–Crippen MR) is 76.7 cm³/mol. The van der Waals surface area contributed by atoms with Crippen LogP contribution < -0.4 is 10.2 Å². The van der Waals surface area contributed by atoms with Crippen molar-refractivity contribution >= 4 is 17.3 Å². The number of nitrogens with zero attached hydrogens (tertiary/aromatic N) is 1. The topological polar surface area (TPSA) is 35.5 Å². The molecular formula is C14H18ClF3N2O. The van der Waals surface area contributed by atoms with E-state index in [1.807, 2.05) is 0 Å². The molecule has 0 radical (unpaired) electrons. The summed E-state index contributed by atoms with van der Waals surface area (Å²) >= 11 is 6.14. The fourth-order valence-corrected chi connectivity index (χ4v) is 2.30. The Bertz CT molecular complexity index is 478. The molecule has 3 nitrogen and oxygen atoms in total. The second-order valence-corrected chi connectivity index (χ2v) is 5.60. The minimum atomic E-state index is -4.33. The fraction of sp³-hybridized carbons (Fsp3) is 0.571. The van der Waals surface area contributed by atoms with Crippen LogP contribution in [-0.4, -0.2) is 37.0 Å². The van der Waals surface area contributed by atoms with Crippen molar-refractivity contribution in [3.8, 4) is 0 Å². The molecule has 0 aliphatic heterocycles. The second-order valence-electron chi connectivity index (χ2n) is 5.19. The van der Waals surface area contributed by atoms with Crippen LogP contribution >= 0.6 is 11.6 Å². The molecule has 0 bridgehead atoms. The monoisotopic (exact) mass is 322 g/mol. The Kier molecular flexibility index (Phi) is 5.35. The van der Waals surface area contributed by atoms with E-state index in [0.29, 0.717) is 23.3 Å². The van der Waals surface area contributed by atoms with Gasteiger partial charge < -0.3 is 15.3 Å². The van der Waals surface area contributed by atoms with Crippen LogP contribution in [0, 0.1) is 0 Å². The first-order valence-electron chi connectivity index (χ1n) is 6.83. The van der Waals surface area contributed by atoms with Crippen molar-refractivity contribution in [1.29, 1.82) is 0 Å². The van der Waals surface area contributed by atoms with Gasteiger partial charge in [0.25, 0.3) is 0 Å². The first kappa shape index (κ1) is 16.4. The minimum absolute atomic E-state index is 0.0878. The molecule has 21 heavy (non-hydrogen) atoms. The van der Waals surface area contributed by atoms with Gasteiger partial charge in [-0.2, -0.15) is 13.2 Å². The third-order valence-corrected chi connectivity index (χ3v) is 3.65. The lowest BCUT2D eigenvalue weighted by Crippen LogP contribution is -2.36. The van der Waals surface area contributed by atoms with Crippen molar-refractivity contribution < 1.29 is 18.3 Å². The zero-order valence-electron chi connectivity index (χ0n) is 11.5. The lowest BCUT2D eigenvalue weighted by atomic mass is 10.2. The van der Waals surface area contributed by atoms with Gasteiger partial charge in [-0.25, -0.2) is 0 Å². The highest BCUT2D eigenvalue weighted by Crippen LogP contribution is 2.27. The lowest BCUT2D eigenvalue weighted by molar-refractivity contribution is -0.119. The van der Waals surface area contributed by atoms with E-state index in [0.717, 1.165) is 23.3 Å². The highest BCUT2D eigenvalue weighted by atomic mass is 35.5. The van der Waals surface area contributed by atoms with Crippen molar-refractivity contribution in [1.82, 2.24) is 5.32 Å². The molecule has 118 valence electrons. The zero-order chi connectivity index (χ0) is 15.5. The smallest absolute Gasteiger partial charge is 0.395 e. The Morgan fingerprint density at radius 1 is 1.33 bits per heavy atom. The number of hydrogen-bond acceptors (Lipinski definition) is 3. The van der Waals surface area contributed by atoms with Gasteiger partial charge in [0.15, 0.2) is 0 Å². The molecule has 0 saturated heterocycles. The Morgan fingerprint density at radius 3 is 2.57 bits per heavy atom. The molecule has 0 aromatic heterocycles. The van der Waals surface area contributed by atoms with Crippen LogP contribution in [0.3, 0.4) is 0 Å². The Balaban J connectivity index is 2.07. The Morgan fingerprint density at radius 2 is 2.05 bits per heavy atom. The highest BCUT2D eigenvalue weighted by molar-refractivity contribution is 6.31. The molecule has 1 aliphatic rings. The van der Waals surface area contributed by atoms with E-state index in [-0.39, 0.29) is 13.2 Å². The number of aliphatic hydroxyl groups is 1. The molecule has 7 heteroatoms. The summed E-state index contributed by atoms with van der Waals surface area (Å²) in [7, 11) is 0. The maximum Gasteiger partial charge on any atom is 0.405 e. The number of benzene rings is 1. The van der Waals surface area contributed by atoms with Crippen molar-refractivity contribution in [3.05, 3.63) is 28.8 Å². The number of halogens is 4. The largest absolute Gasteiger partial charge is 0.405 e. The maximum atomic E-state index is 12.5. The molecule has 0 atom stereocenters. The van der Waals surface area contributed by atoms with E-state index in [1.54, 1.807) is 12.1 Å². The van der Waals surface area contributed by atoms with Crippen LogP contribution in [0.15, 0.2) is 18.2 Å². The molecule has 0 amide bonds. The minimum Gasteiger partial charge on any atom is -0.395 e. The summed E-state index contributed by atoms with van der Waals surface area (Å²) in [6.45, 7) is -0.930. The van der Waals surface area contributed by atoms with Gasteiger partial charge >= 0.3 is 6.18 Å². The van der Waals surface area contributed by atoms with E-state index in [1.165, 1.54) is 6.07 Å². The summed E-state index contributed by atoms with van der Waals surface area (Å²) in [6.07, 6.45) is -2.01. The standard InChI is InChI=1S/C14H18ClF3N2O/c15-13-7-12(20(5-6-21)9-14(16,17)18)4-1-10(13)8-19-11-2-3-11/h1,4,7,11,19,21H,2-3,5-6,8-9H2. The van der Waals surface area contributed by atoms with Gasteiger partial charge in [0, 0.05) is 29.8 Å². The zero-order valence-corrected chi connectivity index (χ0v) is 12.2. The van der Waals surface area contributed by atoms with Gasteiger partial charge in [-0.1, -0.05) is 17.7 Å². The van der Waals surface area contributed by atoms with Crippen molar-refractivity contribution in [2.24, 2.45) is 0 Å². The van der Waals surface area contributed by atoms with E-state index in [4.69, 9.17) is 16.7 Å². The van der Waals surface area contributed by atoms with Crippen LogP contribution in [0.2, 0.25) is 5.02 Å². The van der Waals surface area contributed by atoms with E-state index >= 15 is 0 Å². The molecule has 2 rings (SSSR count). The van der Waals surface area contributed by atoms with Gasteiger partial charge in [0.05, 0.1) is 6.61 Å². The second kappa shape index (κ2) is 6.85. The first-order chi connectivity index (χ1) is 9.89. The van der Waals surface area contributed by atoms with Crippen LogP contribution in [0.5, 0.6) is 0 Å². The maximum absolute atomic E-state index is 12.5. The van der Waals surface area contributed by atoms with Gasteiger partial charge in [-0.15, -0.1) is 0 Å². The molecule has 0 heterocycles. The van der Waals surface area contributed by atoms with Crippen molar-refractivity contribution in [3.63, 3.8) is 0 Å². The number of hydrogen-bond donors (Lipinski definition) is 2. The summed E-state index contributed by atoms with van der Waals surface area (Å²) in [5.74, 6) is 0. The SMILES string of the molecule is OCCN(CC(F)(F)F)c1ccc(CNC2CC2)c(Cl)c1. The summed E-state index contributed by atoms with van der Waals surface area (Å²) < 4.78 is 37.6. The Hall–Kier alpha value is -0.980. The van der Waals surface area contributed by atoms with Gasteiger partial charge in [-0.3, -0.25) is 0 Å². The third kappa shape index (κ3) is 5.37. The van der Waals surface area contributed by atoms with Gasteiger partial charge in [-0.05, 0) is 30.5 Å². The molecule has 0 spiro atoms. The van der Waals surface area contributed by atoms with E-state index in [9.17, 15) is 13.2 Å². The number of aliphatic hydroxyl groups excluding tert-OH is 1. The molecule has 2 N–H and O–H groups in total. The molecule has 0 unspecified atom stereocenters. The van der Waals surface area contributed by atoms with Crippen LogP contribution in [0.4, 0.5) is 18.9 Å². The summed E-state index contributed by atoms with van der Waals surface area (Å²) in [6, 6.07) is 5.40. The van der Waals surface area contributed by atoms with Gasteiger partial charge in [0.1, 0.15) is 6.54 Å². The summed E-state index contributed by atoms with van der Waals surface area (Å²) in [5, 5.41) is 12.7. The van der Waals surface area contributed by atoms with Crippen molar-refractivity contribution in [2.45, 2.75) is 31.6 Å². The van der Waals surface area contributed by atoms with Gasteiger partial charge in [0.2, 0.25) is 0 Å². The van der Waals surface area contributed by atoms with Crippen LogP contribution in [0.1, 0.15) is 18.4 Å². The highest BCUT2D eigenvalue weighted by Gasteiger charge is 2.31. The number of rotatable bonds is 7. The Labute approximate surface area is 126 Å². The molecule has 1 saturated carbocycles. The third-order valence-electron chi connectivity index (χ3n) is 3.30. The quantitative estimate of drug-likeness (QED) is 0.810. The number of alkyl halides is 3. The summed E-state index contributed by atoms with van der Waals surface area (Å²) in [5.41, 5.74) is 1.23. The number of nitrogens with one attached hydrogen (secondary N) is 1. The molecule has 1 fully saturated rings. The normalized spacial score (nSPS) is 15.3. The molecular weight excluding hydrogens is 305 g/mol. The molecule has 1 aromatic rings. The first-order valence-corrected chi connectivity index (χ1v) is 7.21. The average molecular weight is 323 g/mol.